The van der Waals surface area contributed by atoms with Crippen molar-refractivity contribution in [3.05, 3.63) is 89.3 Å². The normalized spacial score (nSPS) is 17.5. The van der Waals surface area contributed by atoms with Crippen LogP contribution < -0.4 is 5.32 Å². The summed E-state index contributed by atoms with van der Waals surface area (Å²) in [4.78, 5) is 28.9. The number of carbonyl (C=O) groups is 2. The molecule has 1 aliphatic carbocycles. The molecule has 0 saturated heterocycles. The Morgan fingerprint density at radius 1 is 1.00 bits per heavy atom. The smallest absolute Gasteiger partial charge is 0.306 e. The zero-order valence-electron chi connectivity index (χ0n) is 20.8. The van der Waals surface area contributed by atoms with E-state index in [1.54, 1.807) is 30.5 Å². The Labute approximate surface area is 221 Å². The van der Waals surface area contributed by atoms with E-state index in [1.807, 2.05) is 29.7 Å². The van der Waals surface area contributed by atoms with Crippen molar-refractivity contribution >= 4 is 34.8 Å². The highest BCUT2D eigenvalue weighted by Crippen LogP contribution is 2.37. The second-order valence-corrected chi connectivity index (χ2v) is 10.1. The number of fused-ring (bicyclic) bond motifs is 1. The minimum Gasteiger partial charge on any atom is -0.466 e. The molecule has 2 heterocycles. The van der Waals surface area contributed by atoms with Gasteiger partial charge in [-0.3, -0.25) is 9.59 Å². The Bertz CT molecular complexity index is 1410. The third kappa shape index (κ3) is 6.03. The summed E-state index contributed by atoms with van der Waals surface area (Å²) in [6.07, 6.45) is 8.61. The SMILES string of the molecule is CCOC(=O)C[C@H]1CC[C@H](c2ccc(-c3ccc4nc(C(=O)Nc5cccc(Cl)c5)cn4c3)cc2)CC1. The number of nitrogens with one attached hydrogen (secondary N) is 1. The molecule has 0 aliphatic heterocycles. The van der Waals surface area contributed by atoms with E-state index >= 15 is 0 Å². The highest BCUT2D eigenvalue weighted by atomic mass is 35.5. The molecule has 37 heavy (non-hydrogen) atoms. The largest absolute Gasteiger partial charge is 0.466 e. The van der Waals surface area contributed by atoms with Gasteiger partial charge in [0.25, 0.3) is 5.91 Å². The Morgan fingerprint density at radius 2 is 1.76 bits per heavy atom. The number of carbonyl (C=O) groups excluding carboxylic acids is 2. The van der Waals surface area contributed by atoms with Crippen molar-refractivity contribution in [3.63, 3.8) is 0 Å². The fourth-order valence-electron chi connectivity index (χ4n) is 5.14. The number of hydrogen-bond acceptors (Lipinski definition) is 4. The fraction of sp³-hybridized carbons (Fsp3) is 0.300. The Morgan fingerprint density at radius 3 is 2.49 bits per heavy atom. The third-order valence-corrected chi connectivity index (χ3v) is 7.32. The molecule has 190 valence electrons. The van der Waals surface area contributed by atoms with Crippen molar-refractivity contribution in [1.29, 1.82) is 0 Å². The van der Waals surface area contributed by atoms with Crippen molar-refractivity contribution in [3.8, 4) is 11.1 Å². The average Bonchev–Trinajstić information content (AvgIpc) is 3.33. The van der Waals surface area contributed by atoms with Gasteiger partial charge < -0.3 is 14.5 Å². The van der Waals surface area contributed by atoms with E-state index in [0.29, 0.717) is 46.9 Å². The van der Waals surface area contributed by atoms with E-state index in [4.69, 9.17) is 16.3 Å². The van der Waals surface area contributed by atoms with E-state index in [2.05, 4.69) is 34.6 Å². The number of benzene rings is 2. The van der Waals surface area contributed by atoms with Gasteiger partial charge in [0.1, 0.15) is 11.3 Å². The molecule has 4 aromatic rings. The van der Waals surface area contributed by atoms with Gasteiger partial charge in [-0.25, -0.2) is 4.98 Å². The number of imidazole rings is 1. The van der Waals surface area contributed by atoms with Crippen LogP contribution in [0.3, 0.4) is 0 Å². The van der Waals surface area contributed by atoms with Gasteiger partial charge in [-0.2, -0.15) is 0 Å². The molecule has 7 heteroatoms. The number of amides is 1. The van der Waals surface area contributed by atoms with Gasteiger partial charge in [-0.15, -0.1) is 0 Å². The molecule has 1 fully saturated rings. The van der Waals surface area contributed by atoms with Crippen molar-refractivity contribution < 1.29 is 14.3 Å². The summed E-state index contributed by atoms with van der Waals surface area (Å²) in [7, 11) is 0. The van der Waals surface area contributed by atoms with Crippen LogP contribution in [-0.2, 0) is 9.53 Å². The zero-order chi connectivity index (χ0) is 25.8. The molecule has 0 atom stereocenters. The lowest BCUT2D eigenvalue weighted by Gasteiger charge is -2.28. The number of hydrogen-bond donors (Lipinski definition) is 1. The van der Waals surface area contributed by atoms with Crippen molar-refractivity contribution in [1.82, 2.24) is 9.38 Å². The quantitative estimate of drug-likeness (QED) is 0.266. The first-order valence-corrected chi connectivity index (χ1v) is 13.2. The van der Waals surface area contributed by atoms with Gasteiger partial charge in [0.15, 0.2) is 0 Å². The Hall–Kier alpha value is -3.64. The van der Waals surface area contributed by atoms with Gasteiger partial charge in [0, 0.05) is 29.5 Å². The monoisotopic (exact) mass is 515 g/mol. The minimum absolute atomic E-state index is 0.0704. The predicted molar refractivity (Wildman–Crippen MR) is 146 cm³/mol. The summed E-state index contributed by atoms with van der Waals surface area (Å²) < 4.78 is 6.99. The standard InChI is InChI=1S/C30H30ClN3O3/c1-2-37-29(35)16-20-6-8-21(9-7-20)22-10-12-23(13-11-22)24-14-15-28-33-27(19-34(28)18-24)30(36)32-26-5-3-4-25(31)17-26/h3-5,10-15,17-21H,2,6-9,16H2,1H3,(H,32,36)/t20-,21-. The van der Waals surface area contributed by atoms with Crippen LogP contribution in [0.15, 0.2) is 73.1 Å². The van der Waals surface area contributed by atoms with Crippen molar-refractivity contribution in [2.24, 2.45) is 5.92 Å². The average molecular weight is 516 g/mol. The van der Waals surface area contributed by atoms with Gasteiger partial charge in [-0.05, 0) is 91.5 Å². The molecule has 6 nitrogen and oxygen atoms in total. The molecule has 2 aromatic heterocycles. The summed E-state index contributed by atoms with van der Waals surface area (Å²) in [5, 5.41) is 3.40. The first-order valence-electron chi connectivity index (χ1n) is 12.8. The first-order chi connectivity index (χ1) is 18.0. The molecule has 1 saturated carbocycles. The maximum Gasteiger partial charge on any atom is 0.306 e. The number of aromatic nitrogens is 2. The van der Waals surface area contributed by atoms with Crippen LogP contribution in [0.1, 0.15) is 61.0 Å². The number of rotatable bonds is 7. The Balaban J connectivity index is 1.23. The summed E-state index contributed by atoms with van der Waals surface area (Å²) >= 11 is 6.01. The highest BCUT2D eigenvalue weighted by Gasteiger charge is 2.24. The maximum atomic E-state index is 12.7. The summed E-state index contributed by atoms with van der Waals surface area (Å²) in [5.74, 6) is 0.617. The van der Waals surface area contributed by atoms with E-state index in [1.165, 1.54) is 5.56 Å². The van der Waals surface area contributed by atoms with Crippen LogP contribution in [0.2, 0.25) is 5.02 Å². The lowest BCUT2D eigenvalue weighted by atomic mass is 9.77. The molecule has 0 spiro atoms. The second-order valence-electron chi connectivity index (χ2n) is 9.62. The van der Waals surface area contributed by atoms with Crippen LogP contribution in [0, 0.1) is 5.92 Å². The van der Waals surface area contributed by atoms with E-state index in [9.17, 15) is 9.59 Å². The van der Waals surface area contributed by atoms with Crippen LogP contribution in [0.5, 0.6) is 0 Å². The van der Waals surface area contributed by atoms with Gasteiger partial charge in [0.2, 0.25) is 0 Å². The van der Waals surface area contributed by atoms with Gasteiger partial charge in [-0.1, -0.05) is 41.9 Å². The minimum atomic E-state index is -0.283. The second kappa shape index (κ2) is 11.2. The molecule has 0 unspecified atom stereocenters. The topological polar surface area (TPSA) is 72.7 Å². The van der Waals surface area contributed by atoms with Crippen molar-refractivity contribution in [2.45, 2.75) is 44.9 Å². The maximum absolute atomic E-state index is 12.7. The van der Waals surface area contributed by atoms with Crippen LogP contribution in [0.25, 0.3) is 16.8 Å². The van der Waals surface area contributed by atoms with Crippen LogP contribution in [-0.4, -0.2) is 27.9 Å². The first kappa shape index (κ1) is 25.0. The predicted octanol–water partition coefficient (Wildman–Crippen LogP) is 7.13. The molecular weight excluding hydrogens is 486 g/mol. The fourth-order valence-corrected chi connectivity index (χ4v) is 5.33. The Kier molecular flexibility index (Phi) is 7.56. The molecular formula is C30H30ClN3O3. The zero-order valence-corrected chi connectivity index (χ0v) is 21.6. The van der Waals surface area contributed by atoms with Gasteiger partial charge in [0.05, 0.1) is 6.61 Å². The van der Waals surface area contributed by atoms with Crippen LogP contribution >= 0.6 is 11.6 Å². The lowest BCUT2D eigenvalue weighted by molar-refractivity contribution is -0.144. The van der Waals surface area contributed by atoms with Crippen molar-refractivity contribution in [2.75, 3.05) is 11.9 Å². The summed E-state index contributed by atoms with van der Waals surface area (Å²) in [6, 6.07) is 19.7. The van der Waals surface area contributed by atoms with E-state index < -0.39 is 0 Å². The van der Waals surface area contributed by atoms with E-state index in [0.717, 1.165) is 36.8 Å². The van der Waals surface area contributed by atoms with Crippen LogP contribution in [0.4, 0.5) is 5.69 Å². The molecule has 0 bridgehead atoms. The molecule has 0 radical (unpaired) electrons. The number of nitrogens with zero attached hydrogens (tertiary/aromatic N) is 2. The van der Waals surface area contributed by atoms with E-state index in [-0.39, 0.29) is 11.9 Å². The number of pyridine rings is 1. The molecule has 2 aromatic carbocycles. The summed E-state index contributed by atoms with van der Waals surface area (Å²) in [6.45, 7) is 2.31. The number of halogens is 1. The number of anilines is 1. The molecule has 1 amide bonds. The molecule has 1 aliphatic rings. The lowest BCUT2D eigenvalue weighted by Crippen LogP contribution is -2.17. The third-order valence-electron chi connectivity index (χ3n) is 7.09. The highest BCUT2D eigenvalue weighted by molar-refractivity contribution is 6.30. The number of esters is 1. The summed E-state index contributed by atoms with van der Waals surface area (Å²) in [5.41, 5.74) is 5.18. The molecule has 1 N–H and O–H groups in total. The van der Waals surface area contributed by atoms with Gasteiger partial charge >= 0.3 is 5.97 Å². The molecule has 5 rings (SSSR count). The number of ether oxygens (including phenoxy) is 1.